The molecule has 0 aliphatic carbocycles. The van der Waals surface area contributed by atoms with Gasteiger partial charge >= 0.3 is 5.82 Å². The van der Waals surface area contributed by atoms with Gasteiger partial charge in [0, 0.05) is 12.5 Å². The van der Waals surface area contributed by atoms with Gasteiger partial charge in [-0.05, 0) is 4.92 Å². The van der Waals surface area contributed by atoms with Crippen LogP contribution in [0.2, 0.25) is 0 Å². The summed E-state index contributed by atoms with van der Waals surface area (Å²) in [5.41, 5.74) is 0. The summed E-state index contributed by atoms with van der Waals surface area (Å²) in [7, 11) is 0. The molecule has 0 amide bonds. The zero-order chi connectivity index (χ0) is 5.98. The van der Waals surface area contributed by atoms with Gasteiger partial charge in [0.1, 0.15) is 0 Å². The zero-order valence-corrected chi connectivity index (χ0v) is 4.13. The second-order valence-electron chi connectivity index (χ2n) is 1.43. The van der Waals surface area contributed by atoms with Crippen molar-refractivity contribution in [1.29, 1.82) is 0 Å². The Labute approximate surface area is 46.3 Å². The highest BCUT2D eigenvalue weighted by molar-refractivity contribution is 5.08. The SMILES string of the molecule is O=[N+]([O-])C1=C[CH]CN1. The van der Waals surface area contributed by atoms with E-state index < -0.39 is 4.92 Å². The molecule has 0 aromatic rings. The topological polar surface area (TPSA) is 55.2 Å². The molecule has 1 aliphatic heterocycles. The molecule has 0 spiro atoms. The monoisotopic (exact) mass is 113 g/mol. The van der Waals surface area contributed by atoms with Gasteiger partial charge in [0.15, 0.2) is 0 Å². The quantitative estimate of drug-likeness (QED) is 0.382. The highest BCUT2D eigenvalue weighted by Crippen LogP contribution is 1.98. The molecule has 4 nitrogen and oxygen atoms in total. The van der Waals surface area contributed by atoms with Gasteiger partial charge in [-0.2, -0.15) is 0 Å². The van der Waals surface area contributed by atoms with E-state index in [0.29, 0.717) is 6.54 Å². The molecule has 8 heavy (non-hydrogen) atoms. The highest BCUT2D eigenvalue weighted by Gasteiger charge is 2.11. The summed E-state index contributed by atoms with van der Waals surface area (Å²) in [5.74, 6) is 0.0880. The van der Waals surface area contributed by atoms with Crippen molar-refractivity contribution >= 4 is 0 Å². The third kappa shape index (κ3) is 0.776. The standard InChI is InChI=1S/C4H5N2O2/c7-6(8)4-2-1-3-5-4/h1-2,5H,3H2. The Hall–Kier alpha value is -1.06. The molecule has 0 aromatic carbocycles. The van der Waals surface area contributed by atoms with Crippen LogP contribution in [0.1, 0.15) is 0 Å². The maximum absolute atomic E-state index is 9.86. The molecule has 43 valence electrons. The second-order valence-corrected chi connectivity index (χ2v) is 1.43. The number of hydrogen-bond acceptors (Lipinski definition) is 3. The summed E-state index contributed by atoms with van der Waals surface area (Å²) in [4.78, 5) is 9.42. The van der Waals surface area contributed by atoms with Gasteiger partial charge in [-0.3, -0.25) is 5.32 Å². The van der Waals surface area contributed by atoms with Crippen molar-refractivity contribution in [2.75, 3.05) is 6.54 Å². The maximum Gasteiger partial charge on any atom is 0.312 e. The van der Waals surface area contributed by atoms with Crippen molar-refractivity contribution in [3.63, 3.8) is 0 Å². The van der Waals surface area contributed by atoms with E-state index in [1.165, 1.54) is 6.08 Å². The summed E-state index contributed by atoms with van der Waals surface area (Å²) in [6, 6.07) is 0. The normalized spacial score (nSPS) is 17.2. The maximum atomic E-state index is 9.86. The van der Waals surface area contributed by atoms with E-state index in [4.69, 9.17) is 0 Å². The van der Waals surface area contributed by atoms with E-state index in [-0.39, 0.29) is 5.82 Å². The fraction of sp³-hybridized carbons (Fsp3) is 0.250. The van der Waals surface area contributed by atoms with Crippen LogP contribution >= 0.6 is 0 Å². The number of rotatable bonds is 1. The average Bonchev–Trinajstić information content (AvgIpc) is 2.12. The van der Waals surface area contributed by atoms with Crippen molar-refractivity contribution in [2.45, 2.75) is 0 Å². The fourth-order valence-corrected chi connectivity index (χ4v) is 0.518. The fourth-order valence-electron chi connectivity index (χ4n) is 0.518. The molecule has 4 heteroatoms. The van der Waals surface area contributed by atoms with Gasteiger partial charge < -0.3 is 10.1 Å². The molecule has 1 aliphatic rings. The van der Waals surface area contributed by atoms with E-state index in [1.54, 1.807) is 6.42 Å². The van der Waals surface area contributed by atoms with Gasteiger partial charge in [0.25, 0.3) is 0 Å². The molecule has 0 saturated carbocycles. The molecule has 0 saturated heterocycles. The molecule has 1 heterocycles. The van der Waals surface area contributed by atoms with Crippen LogP contribution in [0.5, 0.6) is 0 Å². The van der Waals surface area contributed by atoms with Crippen LogP contribution in [0, 0.1) is 16.5 Å². The molecular weight excluding hydrogens is 108 g/mol. The van der Waals surface area contributed by atoms with E-state index in [9.17, 15) is 10.1 Å². The van der Waals surface area contributed by atoms with E-state index in [1.807, 2.05) is 0 Å². The Bertz CT molecular complexity index is 141. The Balaban J connectivity index is 2.57. The number of hydrogen-bond donors (Lipinski definition) is 1. The zero-order valence-electron chi connectivity index (χ0n) is 4.13. The molecule has 0 unspecified atom stereocenters. The Morgan fingerprint density at radius 2 is 2.62 bits per heavy atom. The van der Waals surface area contributed by atoms with Crippen molar-refractivity contribution in [1.82, 2.24) is 5.32 Å². The lowest BCUT2D eigenvalue weighted by Gasteiger charge is -1.91. The summed E-state index contributed by atoms with van der Waals surface area (Å²) in [5, 5.41) is 12.4. The van der Waals surface area contributed by atoms with Crippen LogP contribution in [0.3, 0.4) is 0 Å². The molecule has 1 rings (SSSR count). The first kappa shape index (κ1) is 5.08. The van der Waals surface area contributed by atoms with Crippen LogP contribution in [-0.2, 0) is 0 Å². The summed E-state index contributed by atoms with van der Waals surface area (Å²) in [6.45, 7) is 0.580. The lowest BCUT2D eigenvalue weighted by Crippen LogP contribution is -2.14. The van der Waals surface area contributed by atoms with Gasteiger partial charge in [-0.1, -0.05) is 0 Å². The van der Waals surface area contributed by atoms with Crippen molar-refractivity contribution in [3.05, 3.63) is 28.4 Å². The molecule has 1 N–H and O–H groups in total. The van der Waals surface area contributed by atoms with Crippen LogP contribution in [-0.4, -0.2) is 11.5 Å². The third-order valence-electron chi connectivity index (χ3n) is 0.873. The van der Waals surface area contributed by atoms with Gasteiger partial charge in [-0.15, -0.1) is 0 Å². The Kier molecular flexibility index (Phi) is 1.15. The average molecular weight is 113 g/mol. The van der Waals surface area contributed by atoms with E-state index >= 15 is 0 Å². The van der Waals surface area contributed by atoms with Gasteiger partial charge in [0.2, 0.25) is 0 Å². The van der Waals surface area contributed by atoms with Gasteiger partial charge in [0.05, 0.1) is 6.54 Å². The molecule has 0 atom stereocenters. The second kappa shape index (κ2) is 1.81. The van der Waals surface area contributed by atoms with Gasteiger partial charge in [-0.25, -0.2) is 0 Å². The smallest absolute Gasteiger partial charge is 0.312 e. The minimum absolute atomic E-state index is 0.0880. The lowest BCUT2D eigenvalue weighted by atomic mass is 10.5. The molecule has 0 aromatic heterocycles. The first-order chi connectivity index (χ1) is 3.80. The summed E-state index contributed by atoms with van der Waals surface area (Å²) >= 11 is 0. The number of nitrogens with one attached hydrogen (secondary N) is 1. The van der Waals surface area contributed by atoms with Crippen molar-refractivity contribution in [2.24, 2.45) is 0 Å². The van der Waals surface area contributed by atoms with Crippen LogP contribution in [0.25, 0.3) is 0 Å². The number of nitrogens with zero attached hydrogens (tertiary/aromatic N) is 1. The minimum Gasteiger partial charge on any atom is -0.358 e. The summed E-state index contributed by atoms with van der Waals surface area (Å²) < 4.78 is 0. The molecule has 0 bridgehead atoms. The van der Waals surface area contributed by atoms with E-state index in [2.05, 4.69) is 5.32 Å². The van der Waals surface area contributed by atoms with E-state index in [0.717, 1.165) is 0 Å². The first-order valence-corrected chi connectivity index (χ1v) is 2.22. The molecule has 0 fully saturated rings. The predicted octanol–water partition coefficient (Wildman–Crippen LogP) is -0.0880. The van der Waals surface area contributed by atoms with Crippen LogP contribution in [0.4, 0.5) is 0 Å². The predicted molar refractivity (Wildman–Crippen MR) is 27.4 cm³/mol. The molecular formula is C4H5N2O2. The molecule has 1 radical (unpaired) electrons. The van der Waals surface area contributed by atoms with Crippen LogP contribution < -0.4 is 5.32 Å². The largest absolute Gasteiger partial charge is 0.358 e. The Morgan fingerprint density at radius 1 is 1.88 bits per heavy atom. The number of nitro groups is 1. The van der Waals surface area contributed by atoms with Crippen molar-refractivity contribution < 1.29 is 4.92 Å². The Morgan fingerprint density at radius 3 is 2.88 bits per heavy atom. The minimum atomic E-state index is -0.441. The van der Waals surface area contributed by atoms with Crippen molar-refractivity contribution in [3.8, 4) is 0 Å². The lowest BCUT2D eigenvalue weighted by molar-refractivity contribution is -0.430. The third-order valence-corrected chi connectivity index (χ3v) is 0.873. The summed E-state index contributed by atoms with van der Waals surface area (Å²) in [6.07, 6.45) is 3.16. The first-order valence-electron chi connectivity index (χ1n) is 2.22. The van der Waals surface area contributed by atoms with Crippen LogP contribution in [0.15, 0.2) is 11.9 Å². The highest BCUT2D eigenvalue weighted by atomic mass is 16.6.